The molecule has 2 aromatic carbocycles. The number of ether oxygens (including phenoxy) is 2. The Bertz CT molecular complexity index is 676. The Morgan fingerprint density at radius 2 is 1.79 bits per heavy atom. The van der Waals surface area contributed by atoms with Gasteiger partial charge in [0.2, 0.25) is 0 Å². The Kier molecular flexibility index (Phi) is 9.63. The van der Waals surface area contributed by atoms with Crippen molar-refractivity contribution in [2.24, 2.45) is 0 Å². The lowest BCUT2D eigenvalue weighted by molar-refractivity contribution is 0.0169. The van der Waals surface area contributed by atoms with Crippen LogP contribution in [0.4, 0.5) is 10.1 Å². The van der Waals surface area contributed by atoms with Gasteiger partial charge in [0.15, 0.2) is 0 Å². The molecule has 0 atom stereocenters. The smallest absolute Gasteiger partial charge is 0.125 e. The fraction of sp³-hybridized carbons (Fsp3) is 0.478. The van der Waals surface area contributed by atoms with Crippen LogP contribution in [0.2, 0.25) is 0 Å². The summed E-state index contributed by atoms with van der Waals surface area (Å²) in [6.45, 7) is 8.89. The van der Waals surface area contributed by atoms with Crippen LogP contribution in [0.3, 0.4) is 0 Å². The van der Waals surface area contributed by atoms with Gasteiger partial charge in [0.1, 0.15) is 17.6 Å². The van der Waals surface area contributed by atoms with Crippen LogP contribution in [-0.2, 0) is 6.42 Å². The molecule has 4 nitrogen and oxygen atoms in total. The van der Waals surface area contributed by atoms with Gasteiger partial charge in [0, 0.05) is 37.4 Å². The number of rotatable bonds is 7. The number of alkyl halides is 1. The molecule has 2 heterocycles. The van der Waals surface area contributed by atoms with Crippen molar-refractivity contribution in [3.05, 3.63) is 54.1 Å². The first-order chi connectivity index (χ1) is 13.9. The SMILES string of the molecule is CC.CF.c1ccc(OCCCN2CC(Oc3cccc4c3CCN4)C2)cc1. The van der Waals surface area contributed by atoms with Crippen LogP contribution in [0.25, 0.3) is 0 Å². The summed E-state index contributed by atoms with van der Waals surface area (Å²) in [4.78, 5) is 2.43. The molecule has 154 valence electrons. The normalized spacial score (nSPS) is 15.0. The van der Waals surface area contributed by atoms with E-state index in [0.717, 1.165) is 57.1 Å². The van der Waals surface area contributed by atoms with Gasteiger partial charge in [-0.2, -0.15) is 0 Å². The van der Waals surface area contributed by atoms with Crippen molar-refractivity contribution < 1.29 is 13.9 Å². The van der Waals surface area contributed by atoms with Crippen LogP contribution in [0.15, 0.2) is 48.5 Å². The van der Waals surface area contributed by atoms with Crippen molar-refractivity contribution in [2.45, 2.75) is 32.8 Å². The second-order valence-corrected chi connectivity index (χ2v) is 6.47. The van der Waals surface area contributed by atoms with Crippen molar-refractivity contribution in [3.8, 4) is 11.5 Å². The van der Waals surface area contributed by atoms with Crippen LogP contribution < -0.4 is 14.8 Å². The van der Waals surface area contributed by atoms with E-state index in [1.807, 2.05) is 44.2 Å². The third-order valence-corrected chi connectivity index (χ3v) is 4.67. The van der Waals surface area contributed by atoms with E-state index in [0.29, 0.717) is 13.3 Å². The van der Waals surface area contributed by atoms with Gasteiger partial charge in [-0.05, 0) is 37.1 Å². The molecule has 0 spiro atoms. The molecule has 0 unspecified atom stereocenters. The number of likely N-dealkylation sites (tertiary alicyclic amines) is 1. The van der Waals surface area contributed by atoms with Crippen molar-refractivity contribution in [3.63, 3.8) is 0 Å². The van der Waals surface area contributed by atoms with Gasteiger partial charge in [-0.25, -0.2) is 0 Å². The Morgan fingerprint density at radius 1 is 1.04 bits per heavy atom. The van der Waals surface area contributed by atoms with Crippen LogP contribution in [0, 0.1) is 0 Å². The molecule has 4 rings (SSSR count). The summed E-state index contributed by atoms with van der Waals surface area (Å²) < 4.78 is 21.4. The maximum atomic E-state index is 9.50. The number of benzene rings is 2. The summed E-state index contributed by atoms with van der Waals surface area (Å²) in [5.41, 5.74) is 2.58. The molecule has 2 aliphatic heterocycles. The third kappa shape index (κ3) is 6.13. The fourth-order valence-electron chi connectivity index (χ4n) is 3.38. The van der Waals surface area contributed by atoms with Gasteiger partial charge >= 0.3 is 0 Å². The predicted octanol–water partition coefficient (Wildman–Crippen LogP) is 4.80. The highest BCUT2D eigenvalue weighted by atomic mass is 19.1. The molecule has 2 aliphatic rings. The van der Waals surface area contributed by atoms with Crippen molar-refractivity contribution in [1.29, 1.82) is 0 Å². The lowest BCUT2D eigenvalue weighted by Gasteiger charge is -2.39. The summed E-state index contributed by atoms with van der Waals surface area (Å²) in [6, 6.07) is 16.3. The number of nitrogens with zero attached hydrogens (tertiary/aromatic N) is 1. The van der Waals surface area contributed by atoms with Gasteiger partial charge in [-0.15, -0.1) is 0 Å². The molecule has 1 fully saturated rings. The van der Waals surface area contributed by atoms with Gasteiger partial charge in [-0.1, -0.05) is 38.1 Å². The number of fused-ring (bicyclic) bond motifs is 1. The lowest BCUT2D eigenvalue weighted by Crippen LogP contribution is -2.54. The largest absolute Gasteiger partial charge is 0.494 e. The average molecular weight is 389 g/mol. The molecule has 0 radical (unpaired) electrons. The van der Waals surface area contributed by atoms with E-state index in [1.165, 1.54) is 11.3 Å². The first-order valence-electron chi connectivity index (χ1n) is 10.2. The molecule has 0 amide bonds. The second-order valence-electron chi connectivity index (χ2n) is 6.47. The number of nitrogens with one attached hydrogen (secondary N) is 1. The third-order valence-electron chi connectivity index (χ3n) is 4.67. The standard InChI is InChI=1S/C20H24N2O2.C2H6.CH3F/c1-2-6-16(7-3-1)23-13-5-12-22-14-17(15-22)24-20-9-4-8-19-18(20)10-11-21-19;2*1-2/h1-4,6-9,17,21H,5,10-15H2;1-2H3;1H3. The Morgan fingerprint density at radius 3 is 2.54 bits per heavy atom. The van der Waals surface area contributed by atoms with Crippen LogP contribution >= 0.6 is 0 Å². The molecular formula is C23H33FN2O2. The highest BCUT2D eigenvalue weighted by Crippen LogP contribution is 2.32. The summed E-state index contributed by atoms with van der Waals surface area (Å²) in [5.74, 6) is 2.02. The molecule has 0 bridgehead atoms. The quantitative estimate of drug-likeness (QED) is 0.691. The van der Waals surface area contributed by atoms with Crippen LogP contribution in [-0.4, -0.2) is 51.0 Å². The van der Waals surface area contributed by atoms with Gasteiger partial charge in [0.25, 0.3) is 0 Å². The van der Waals surface area contributed by atoms with Crippen LogP contribution in [0.5, 0.6) is 11.5 Å². The zero-order valence-electron chi connectivity index (χ0n) is 17.3. The number of hydrogen-bond acceptors (Lipinski definition) is 4. The summed E-state index contributed by atoms with van der Waals surface area (Å²) in [7, 11) is 0.500. The Hall–Kier alpha value is -2.27. The minimum Gasteiger partial charge on any atom is -0.494 e. The van der Waals surface area contributed by atoms with Gasteiger partial charge in [-0.3, -0.25) is 9.29 Å². The molecule has 0 aliphatic carbocycles. The topological polar surface area (TPSA) is 33.7 Å². The predicted molar refractivity (Wildman–Crippen MR) is 114 cm³/mol. The van der Waals surface area contributed by atoms with E-state index in [2.05, 4.69) is 28.4 Å². The maximum Gasteiger partial charge on any atom is 0.125 e. The Balaban J connectivity index is 0.000000660. The average Bonchev–Trinajstić information content (AvgIpc) is 3.22. The molecule has 0 aromatic heterocycles. The number of para-hydroxylation sites is 1. The first-order valence-corrected chi connectivity index (χ1v) is 10.2. The van der Waals surface area contributed by atoms with Gasteiger partial charge in [0.05, 0.1) is 13.8 Å². The van der Waals surface area contributed by atoms with Crippen molar-refractivity contribution >= 4 is 5.69 Å². The van der Waals surface area contributed by atoms with E-state index in [9.17, 15) is 4.39 Å². The van der Waals surface area contributed by atoms with E-state index in [4.69, 9.17) is 9.47 Å². The highest BCUT2D eigenvalue weighted by Gasteiger charge is 2.29. The minimum atomic E-state index is 0.326. The van der Waals surface area contributed by atoms with E-state index < -0.39 is 0 Å². The van der Waals surface area contributed by atoms with Crippen LogP contribution in [0.1, 0.15) is 25.8 Å². The summed E-state index contributed by atoms with van der Waals surface area (Å²) in [5, 5.41) is 3.40. The molecule has 0 saturated carbocycles. The zero-order valence-corrected chi connectivity index (χ0v) is 17.3. The van der Waals surface area contributed by atoms with E-state index in [-0.39, 0.29) is 0 Å². The van der Waals surface area contributed by atoms with Crippen molar-refractivity contribution in [2.75, 3.05) is 45.3 Å². The summed E-state index contributed by atoms with van der Waals surface area (Å²) >= 11 is 0. The molecule has 1 saturated heterocycles. The first kappa shape index (κ1) is 22.0. The van der Waals surface area contributed by atoms with E-state index in [1.54, 1.807) is 0 Å². The monoisotopic (exact) mass is 388 g/mol. The molecule has 2 aromatic rings. The minimum absolute atomic E-state index is 0.326. The lowest BCUT2D eigenvalue weighted by atomic mass is 10.1. The highest BCUT2D eigenvalue weighted by molar-refractivity contribution is 5.61. The van der Waals surface area contributed by atoms with E-state index >= 15 is 0 Å². The molecule has 28 heavy (non-hydrogen) atoms. The molecular weight excluding hydrogens is 355 g/mol. The maximum absolute atomic E-state index is 9.50. The molecule has 1 N–H and O–H groups in total. The fourth-order valence-corrected chi connectivity index (χ4v) is 3.38. The number of hydrogen-bond donors (Lipinski definition) is 1. The number of anilines is 1. The number of halogens is 1. The van der Waals surface area contributed by atoms with Gasteiger partial charge < -0.3 is 14.8 Å². The second kappa shape index (κ2) is 12.2. The molecule has 5 heteroatoms. The van der Waals surface area contributed by atoms with Crippen molar-refractivity contribution in [1.82, 2.24) is 4.90 Å². The Labute approximate surface area is 168 Å². The summed E-state index contributed by atoms with van der Waals surface area (Å²) in [6.07, 6.45) is 2.44. The zero-order chi connectivity index (χ0) is 20.2.